The summed E-state index contributed by atoms with van der Waals surface area (Å²) >= 11 is 1.01. The van der Waals surface area contributed by atoms with Crippen molar-refractivity contribution in [1.29, 1.82) is 0 Å². The van der Waals surface area contributed by atoms with Gasteiger partial charge in [-0.2, -0.15) is 0 Å². The van der Waals surface area contributed by atoms with Crippen LogP contribution >= 0.6 is 11.8 Å². The summed E-state index contributed by atoms with van der Waals surface area (Å²) < 4.78 is 16.8. The lowest BCUT2D eigenvalue weighted by Gasteiger charge is -2.28. The highest BCUT2D eigenvalue weighted by Crippen LogP contribution is 2.31. The molecule has 3 nitrogen and oxygen atoms in total. The number of halogens is 1. The number of hydrogen-bond donors (Lipinski definition) is 1. The number of aliphatic hydroxyl groups is 1. The second-order valence-corrected chi connectivity index (χ2v) is 3.98. The largest absolute Gasteiger partial charge is 0.469 e. The minimum atomic E-state index is -1.48. The number of methoxy groups -OCH3 is 1. The van der Waals surface area contributed by atoms with Crippen molar-refractivity contribution in [3.8, 4) is 0 Å². The molecule has 0 heterocycles. The maximum atomic E-state index is 12.4. The van der Waals surface area contributed by atoms with Crippen LogP contribution in [0.3, 0.4) is 0 Å². The van der Waals surface area contributed by atoms with Crippen molar-refractivity contribution in [1.82, 2.24) is 0 Å². The van der Waals surface area contributed by atoms with E-state index >= 15 is 0 Å². The number of alkyl halides is 1. The van der Waals surface area contributed by atoms with Crippen LogP contribution in [0, 0.1) is 5.92 Å². The van der Waals surface area contributed by atoms with Crippen LogP contribution in [-0.2, 0) is 9.53 Å². The van der Waals surface area contributed by atoms with Crippen LogP contribution in [0.2, 0.25) is 0 Å². The molecular formula is C8H15FO3S. The second-order valence-electron chi connectivity index (χ2n) is 2.86. The molecule has 1 N–H and O–H groups in total. The van der Waals surface area contributed by atoms with Crippen LogP contribution in [0.1, 0.15) is 13.3 Å². The zero-order chi connectivity index (χ0) is 10.5. The minimum absolute atomic E-state index is 0.0256. The van der Waals surface area contributed by atoms with Crippen LogP contribution in [0.15, 0.2) is 0 Å². The van der Waals surface area contributed by atoms with E-state index in [1.807, 2.05) is 0 Å². The van der Waals surface area contributed by atoms with Crippen molar-refractivity contribution in [2.75, 3.05) is 20.0 Å². The second kappa shape index (κ2) is 5.44. The summed E-state index contributed by atoms with van der Waals surface area (Å²) in [4.78, 5) is 9.36. The molecule has 0 amide bonds. The third kappa shape index (κ3) is 3.52. The van der Waals surface area contributed by atoms with Crippen LogP contribution in [0.5, 0.6) is 0 Å². The van der Waals surface area contributed by atoms with Gasteiger partial charge >= 0.3 is 5.97 Å². The van der Waals surface area contributed by atoms with Gasteiger partial charge < -0.3 is 9.84 Å². The van der Waals surface area contributed by atoms with E-state index in [0.717, 1.165) is 11.8 Å². The van der Waals surface area contributed by atoms with Crippen molar-refractivity contribution in [3.63, 3.8) is 0 Å². The number of carbonyl (C=O) groups excluding carboxylic acids is 1. The Morgan fingerprint density at radius 1 is 1.77 bits per heavy atom. The summed E-state index contributed by atoms with van der Waals surface area (Å²) in [6.45, 7) is 0.749. The third-order valence-corrected chi connectivity index (χ3v) is 3.23. The minimum Gasteiger partial charge on any atom is -0.469 e. The SMILES string of the molecule is COC(=O)CC(C)C(O)(CF)SC. The Morgan fingerprint density at radius 3 is 2.62 bits per heavy atom. The molecule has 0 aliphatic heterocycles. The molecule has 0 rings (SSSR count). The van der Waals surface area contributed by atoms with Crippen LogP contribution in [-0.4, -0.2) is 36.0 Å². The predicted molar refractivity (Wildman–Crippen MR) is 50.2 cm³/mol. The first-order valence-corrected chi connectivity index (χ1v) is 5.13. The maximum absolute atomic E-state index is 12.4. The highest BCUT2D eigenvalue weighted by molar-refractivity contribution is 7.99. The number of hydrogen-bond acceptors (Lipinski definition) is 4. The lowest BCUT2D eigenvalue weighted by Crippen LogP contribution is -2.36. The standard InChI is InChI=1S/C8H15FO3S/c1-6(4-7(10)12-2)8(11,5-9)13-3/h6,11H,4-5H2,1-3H3. The highest BCUT2D eigenvalue weighted by Gasteiger charge is 2.34. The van der Waals surface area contributed by atoms with Gasteiger partial charge in [-0.1, -0.05) is 6.92 Å². The lowest BCUT2D eigenvalue weighted by atomic mass is 10.0. The van der Waals surface area contributed by atoms with Crippen LogP contribution in [0.25, 0.3) is 0 Å². The van der Waals surface area contributed by atoms with Gasteiger partial charge in [-0.25, -0.2) is 4.39 Å². The predicted octanol–water partition coefficient (Wildman–Crippen LogP) is 1.21. The Hall–Kier alpha value is -0.290. The summed E-state index contributed by atoms with van der Waals surface area (Å²) in [7, 11) is 1.27. The topological polar surface area (TPSA) is 46.5 Å². The number of ether oxygens (including phenoxy) is 1. The van der Waals surface area contributed by atoms with Gasteiger partial charge in [0.05, 0.1) is 13.5 Å². The van der Waals surface area contributed by atoms with Gasteiger partial charge in [-0.15, -0.1) is 11.8 Å². The third-order valence-electron chi connectivity index (χ3n) is 2.02. The summed E-state index contributed by atoms with van der Waals surface area (Å²) in [6.07, 6.45) is 1.63. The van der Waals surface area contributed by atoms with Crippen molar-refractivity contribution in [2.24, 2.45) is 5.92 Å². The van der Waals surface area contributed by atoms with Gasteiger partial charge in [0.2, 0.25) is 0 Å². The first-order chi connectivity index (χ1) is 6.00. The number of esters is 1. The fourth-order valence-electron chi connectivity index (χ4n) is 0.880. The molecule has 2 atom stereocenters. The van der Waals surface area contributed by atoms with E-state index in [4.69, 9.17) is 0 Å². The van der Waals surface area contributed by atoms with E-state index in [0.29, 0.717) is 0 Å². The van der Waals surface area contributed by atoms with E-state index < -0.39 is 23.5 Å². The summed E-state index contributed by atoms with van der Waals surface area (Å²) in [5, 5.41) is 9.62. The molecule has 0 bridgehead atoms. The summed E-state index contributed by atoms with van der Waals surface area (Å²) in [5.41, 5.74) is 0. The van der Waals surface area contributed by atoms with Gasteiger partial charge in [0.15, 0.2) is 0 Å². The van der Waals surface area contributed by atoms with Crippen LogP contribution in [0.4, 0.5) is 4.39 Å². The Bertz CT molecular complexity index is 171. The van der Waals surface area contributed by atoms with Gasteiger partial charge in [-0.05, 0) is 6.26 Å². The van der Waals surface area contributed by atoms with Crippen molar-refractivity contribution in [2.45, 2.75) is 18.3 Å². The lowest BCUT2D eigenvalue weighted by molar-refractivity contribution is -0.143. The maximum Gasteiger partial charge on any atom is 0.305 e. The molecular weight excluding hydrogens is 195 g/mol. The monoisotopic (exact) mass is 210 g/mol. The molecule has 78 valence electrons. The molecule has 0 spiro atoms. The zero-order valence-electron chi connectivity index (χ0n) is 8.04. The fourth-order valence-corrected chi connectivity index (χ4v) is 1.48. The van der Waals surface area contributed by atoms with E-state index in [9.17, 15) is 14.3 Å². The Labute approximate surface area is 81.7 Å². The fraction of sp³-hybridized carbons (Fsp3) is 0.875. The first kappa shape index (κ1) is 12.7. The van der Waals surface area contributed by atoms with Crippen molar-refractivity contribution < 1.29 is 19.0 Å². The molecule has 0 aromatic rings. The number of carbonyl (C=O) groups is 1. The molecule has 13 heavy (non-hydrogen) atoms. The smallest absolute Gasteiger partial charge is 0.305 e. The van der Waals surface area contributed by atoms with Gasteiger partial charge in [-0.3, -0.25) is 4.79 Å². The van der Waals surface area contributed by atoms with Crippen LogP contribution < -0.4 is 0 Å². The van der Waals surface area contributed by atoms with E-state index in [1.54, 1.807) is 13.2 Å². The first-order valence-electron chi connectivity index (χ1n) is 3.90. The average molecular weight is 210 g/mol. The van der Waals surface area contributed by atoms with Gasteiger partial charge in [0.1, 0.15) is 11.6 Å². The molecule has 0 aromatic heterocycles. The molecule has 0 aliphatic carbocycles. The van der Waals surface area contributed by atoms with Crippen molar-refractivity contribution >= 4 is 17.7 Å². The molecule has 2 unspecified atom stereocenters. The van der Waals surface area contributed by atoms with E-state index in [2.05, 4.69) is 4.74 Å². The molecule has 0 fully saturated rings. The van der Waals surface area contributed by atoms with Gasteiger partial charge in [0, 0.05) is 5.92 Å². The molecule has 0 radical (unpaired) electrons. The quantitative estimate of drug-likeness (QED) is 0.547. The Balaban J connectivity index is 4.21. The number of thioether (sulfide) groups is 1. The zero-order valence-corrected chi connectivity index (χ0v) is 8.86. The molecule has 0 aromatic carbocycles. The summed E-state index contributed by atoms with van der Waals surface area (Å²) in [6, 6.07) is 0. The normalized spacial score (nSPS) is 17.6. The summed E-state index contributed by atoms with van der Waals surface area (Å²) in [5.74, 6) is -0.895. The number of rotatable bonds is 5. The Morgan fingerprint density at radius 2 is 2.31 bits per heavy atom. The van der Waals surface area contributed by atoms with Crippen molar-refractivity contribution in [3.05, 3.63) is 0 Å². The average Bonchev–Trinajstić information content (AvgIpc) is 2.16. The Kier molecular flexibility index (Phi) is 5.32. The molecule has 5 heteroatoms. The van der Waals surface area contributed by atoms with E-state index in [1.165, 1.54) is 7.11 Å². The molecule has 0 aliphatic rings. The highest BCUT2D eigenvalue weighted by atomic mass is 32.2. The van der Waals surface area contributed by atoms with E-state index in [-0.39, 0.29) is 6.42 Å². The molecule has 0 saturated heterocycles. The van der Waals surface area contributed by atoms with Gasteiger partial charge in [0.25, 0.3) is 0 Å². The molecule has 0 saturated carbocycles.